The number of non-ortho nitro benzene ring substituents is 1. The number of nitro groups is 1. The summed E-state index contributed by atoms with van der Waals surface area (Å²) in [5, 5.41) is 10.9. The molecule has 0 spiro atoms. The molecule has 1 aliphatic rings. The van der Waals surface area contributed by atoms with Crippen LogP contribution in [0, 0.1) is 24.0 Å². The van der Waals surface area contributed by atoms with Crippen molar-refractivity contribution in [1.82, 2.24) is 0 Å². The maximum atomic E-state index is 12.8. The van der Waals surface area contributed by atoms with Crippen molar-refractivity contribution in [3.05, 3.63) is 74.2 Å². The predicted molar refractivity (Wildman–Crippen MR) is 105 cm³/mol. The van der Waals surface area contributed by atoms with Gasteiger partial charge in [0.1, 0.15) is 0 Å². The summed E-state index contributed by atoms with van der Waals surface area (Å²) in [6.07, 6.45) is 1.63. The molecule has 7 heteroatoms. The maximum Gasteiger partial charge on any atom is 0.270 e. The molecule has 0 bridgehead atoms. The van der Waals surface area contributed by atoms with Crippen LogP contribution in [-0.2, 0) is 4.79 Å². The Balaban J connectivity index is 1.94. The van der Waals surface area contributed by atoms with Crippen molar-refractivity contribution in [2.75, 3.05) is 4.90 Å². The van der Waals surface area contributed by atoms with Gasteiger partial charge >= 0.3 is 0 Å². The highest BCUT2D eigenvalue weighted by atomic mass is 32.2. The van der Waals surface area contributed by atoms with Crippen molar-refractivity contribution < 1.29 is 9.72 Å². The van der Waals surface area contributed by atoms with E-state index in [-0.39, 0.29) is 11.6 Å². The summed E-state index contributed by atoms with van der Waals surface area (Å²) in [4.78, 5) is 25.1. The quantitative estimate of drug-likeness (QED) is 0.341. The van der Waals surface area contributed by atoms with Gasteiger partial charge in [0, 0.05) is 12.1 Å². The Labute approximate surface area is 154 Å². The van der Waals surface area contributed by atoms with Crippen LogP contribution in [-0.4, -0.2) is 15.2 Å². The van der Waals surface area contributed by atoms with Crippen LogP contribution in [0.15, 0.2) is 47.4 Å². The third-order valence-electron chi connectivity index (χ3n) is 3.92. The summed E-state index contributed by atoms with van der Waals surface area (Å²) in [5.74, 6) is -0.218. The molecule has 2 aromatic carbocycles. The van der Waals surface area contributed by atoms with Gasteiger partial charge in [0.15, 0.2) is 4.32 Å². The van der Waals surface area contributed by atoms with Gasteiger partial charge in [0.25, 0.3) is 11.6 Å². The SMILES string of the molecule is Cc1ccc(N2C(=O)/C(=C/c3cccc([N+](=O)[O-])c3)SC2=S)cc1C. The smallest absolute Gasteiger partial charge is 0.268 e. The first kappa shape index (κ1) is 17.3. The summed E-state index contributed by atoms with van der Waals surface area (Å²) >= 11 is 6.55. The molecule has 0 radical (unpaired) electrons. The second-order valence-electron chi connectivity index (χ2n) is 5.64. The lowest BCUT2D eigenvalue weighted by Crippen LogP contribution is -2.27. The number of nitrogens with zero attached hydrogens (tertiary/aromatic N) is 2. The van der Waals surface area contributed by atoms with E-state index in [0.29, 0.717) is 14.8 Å². The number of thiocarbonyl (C=S) groups is 1. The Kier molecular flexibility index (Phi) is 4.69. The number of thioether (sulfide) groups is 1. The number of carbonyl (C=O) groups is 1. The first-order chi connectivity index (χ1) is 11.9. The number of hydrogen-bond acceptors (Lipinski definition) is 5. The lowest BCUT2D eigenvalue weighted by molar-refractivity contribution is -0.384. The van der Waals surface area contributed by atoms with E-state index in [1.165, 1.54) is 28.8 Å². The average molecular weight is 370 g/mol. The monoisotopic (exact) mass is 370 g/mol. The topological polar surface area (TPSA) is 63.5 Å². The van der Waals surface area contributed by atoms with Crippen LogP contribution in [0.25, 0.3) is 6.08 Å². The zero-order valence-electron chi connectivity index (χ0n) is 13.6. The van der Waals surface area contributed by atoms with Crippen molar-refractivity contribution in [3.63, 3.8) is 0 Å². The Morgan fingerprint density at radius 3 is 2.60 bits per heavy atom. The third-order valence-corrected chi connectivity index (χ3v) is 5.22. The van der Waals surface area contributed by atoms with Gasteiger partial charge in [-0.15, -0.1) is 0 Å². The first-order valence-corrected chi connectivity index (χ1v) is 8.69. The summed E-state index contributed by atoms with van der Waals surface area (Å²) in [5.41, 5.74) is 3.52. The Morgan fingerprint density at radius 1 is 1.16 bits per heavy atom. The van der Waals surface area contributed by atoms with E-state index in [4.69, 9.17) is 12.2 Å². The minimum atomic E-state index is -0.461. The van der Waals surface area contributed by atoms with Gasteiger partial charge in [-0.3, -0.25) is 19.8 Å². The molecule has 2 aromatic rings. The number of rotatable bonds is 3. The summed E-state index contributed by atoms with van der Waals surface area (Å²) in [7, 11) is 0. The van der Waals surface area contributed by atoms with Gasteiger partial charge in [-0.25, -0.2) is 0 Å². The molecular weight excluding hydrogens is 356 g/mol. The fourth-order valence-electron chi connectivity index (χ4n) is 2.43. The number of amides is 1. The van der Waals surface area contributed by atoms with Crippen molar-refractivity contribution in [1.29, 1.82) is 0 Å². The lowest BCUT2D eigenvalue weighted by atomic mass is 10.1. The van der Waals surface area contributed by atoms with E-state index in [2.05, 4.69) is 0 Å². The molecule has 1 amide bonds. The molecule has 0 aliphatic carbocycles. The van der Waals surface area contributed by atoms with Gasteiger partial charge in [-0.2, -0.15) is 0 Å². The predicted octanol–water partition coefficient (Wildman–Crippen LogP) is 4.62. The molecule has 126 valence electrons. The van der Waals surface area contributed by atoms with Gasteiger partial charge in [0.05, 0.1) is 15.5 Å². The standard InChI is InChI=1S/C18H14N2O3S2/c1-11-6-7-14(8-12(11)2)19-17(21)16(25-18(19)24)10-13-4-3-5-15(9-13)20(22)23/h3-10H,1-2H3/b16-10-. The van der Waals surface area contributed by atoms with Crippen LogP contribution >= 0.6 is 24.0 Å². The molecule has 25 heavy (non-hydrogen) atoms. The molecular formula is C18H14N2O3S2. The highest BCUT2D eigenvalue weighted by Gasteiger charge is 2.33. The summed E-state index contributed by atoms with van der Waals surface area (Å²) in [6, 6.07) is 11.9. The molecule has 0 saturated carbocycles. The molecule has 1 heterocycles. The minimum Gasteiger partial charge on any atom is -0.268 e. The van der Waals surface area contributed by atoms with E-state index in [0.717, 1.165) is 16.8 Å². The number of hydrogen-bond donors (Lipinski definition) is 0. The van der Waals surface area contributed by atoms with Crippen LogP contribution in [0.2, 0.25) is 0 Å². The van der Waals surface area contributed by atoms with Gasteiger partial charge in [-0.05, 0) is 48.7 Å². The average Bonchev–Trinajstić information content (AvgIpc) is 2.84. The van der Waals surface area contributed by atoms with Gasteiger partial charge < -0.3 is 0 Å². The minimum absolute atomic E-state index is 0.0154. The number of carbonyl (C=O) groups excluding carboxylic acids is 1. The second-order valence-corrected chi connectivity index (χ2v) is 7.31. The second kappa shape index (κ2) is 6.78. The van der Waals surface area contributed by atoms with Crippen molar-refractivity contribution in [2.45, 2.75) is 13.8 Å². The summed E-state index contributed by atoms with van der Waals surface area (Å²) in [6.45, 7) is 3.99. The van der Waals surface area contributed by atoms with E-state index in [1.54, 1.807) is 18.2 Å². The van der Waals surface area contributed by atoms with Crippen molar-refractivity contribution in [3.8, 4) is 0 Å². The first-order valence-electron chi connectivity index (χ1n) is 7.46. The van der Waals surface area contributed by atoms with Crippen LogP contribution in [0.1, 0.15) is 16.7 Å². The van der Waals surface area contributed by atoms with E-state index in [9.17, 15) is 14.9 Å². The normalized spacial score (nSPS) is 15.9. The maximum absolute atomic E-state index is 12.8. The molecule has 0 unspecified atom stereocenters. The molecule has 5 nitrogen and oxygen atoms in total. The third kappa shape index (κ3) is 3.47. The van der Waals surface area contributed by atoms with E-state index < -0.39 is 4.92 Å². The highest BCUT2D eigenvalue weighted by molar-refractivity contribution is 8.27. The molecule has 1 fully saturated rings. The van der Waals surface area contributed by atoms with Crippen molar-refractivity contribution >= 4 is 51.7 Å². The zero-order chi connectivity index (χ0) is 18.1. The fraction of sp³-hybridized carbons (Fsp3) is 0.111. The number of nitro benzene ring substituents is 1. The van der Waals surface area contributed by atoms with Crippen molar-refractivity contribution in [2.24, 2.45) is 0 Å². The van der Waals surface area contributed by atoms with Crippen LogP contribution in [0.5, 0.6) is 0 Å². The molecule has 1 saturated heterocycles. The Bertz CT molecular complexity index is 938. The van der Waals surface area contributed by atoms with Crippen LogP contribution in [0.4, 0.5) is 11.4 Å². The molecule has 0 aromatic heterocycles. The largest absolute Gasteiger partial charge is 0.270 e. The zero-order valence-corrected chi connectivity index (χ0v) is 15.2. The van der Waals surface area contributed by atoms with Gasteiger partial charge in [0.2, 0.25) is 0 Å². The summed E-state index contributed by atoms with van der Waals surface area (Å²) < 4.78 is 0.449. The Hall–Kier alpha value is -2.51. The molecule has 3 rings (SSSR count). The van der Waals surface area contributed by atoms with Crippen LogP contribution in [0.3, 0.4) is 0 Å². The fourth-order valence-corrected chi connectivity index (χ4v) is 3.73. The van der Waals surface area contributed by atoms with Crippen LogP contribution < -0.4 is 4.90 Å². The Morgan fingerprint density at radius 2 is 1.92 bits per heavy atom. The number of benzene rings is 2. The van der Waals surface area contributed by atoms with Gasteiger partial charge in [-0.1, -0.05) is 42.2 Å². The molecule has 0 atom stereocenters. The molecule has 0 N–H and O–H groups in total. The number of aryl methyl sites for hydroxylation is 2. The van der Waals surface area contributed by atoms with E-state index in [1.807, 2.05) is 32.0 Å². The number of anilines is 1. The lowest BCUT2D eigenvalue weighted by Gasteiger charge is -2.15. The van der Waals surface area contributed by atoms with E-state index >= 15 is 0 Å². The molecule has 1 aliphatic heterocycles. The highest BCUT2D eigenvalue weighted by Crippen LogP contribution is 2.36.